The molecule has 5 nitrogen and oxygen atoms in total. The van der Waals surface area contributed by atoms with Gasteiger partial charge < -0.3 is 10.6 Å². The lowest BCUT2D eigenvalue weighted by atomic mass is 10.3. The van der Waals surface area contributed by atoms with Crippen LogP contribution < -0.4 is 10.6 Å². The van der Waals surface area contributed by atoms with E-state index in [0.717, 1.165) is 23.7 Å². The van der Waals surface area contributed by atoms with E-state index >= 15 is 0 Å². The zero-order valence-corrected chi connectivity index (χ0v) is 14.7. The average Bonchev–Trinajstić information content (AvgIpc) is 2.41. The molecular weight excluding hydrogens is 330 g/mol. The molecule has 0 amide bonds. The van der Waals surface area contributed by atoms with Gasteiger partial charge in [0.25, 0.3) is 0 Å². The highest BCUT2D eigenvalue weighted by Gasteiger charge is 2.21. The van der Waals surface area contributed by atoms with Crippen LogP contribution in [0.5, 0.6) is 0 Å². The van der Waals surface area contributed by atoms with Crippen LogP contribution in [-0.2, 0) is 10.0 Å². The van der Waals surface area contributed by atoms with Crippen molar-refractivity contribution in [3.05, 3.63) is 23.2 Å². The Hall–Kier alpha value is -0.890. The number of nitrogens with one attached hydrogen (secondary N) is 2. The van der Waals surface area contributed by atoms with Crippen molar-refractivity contribution in [3.8, 4) is 0 Å². The first kappa shape index (κ1) is 18.2. The number of unbranched alkanes of at least 4 members (excludes halogenated alkanes) is 1. The number of nitrogens with zero attached hydrogens (tertiary/aromatic N) is 1. The van der Waals surface area contributed by atoms with Gasteiger partial charge in [0.15, 0.2) is 5.11 Å². The lowest BCUT2D eigenvalue weighted by Gasteiger charge is -2.15. The van der Waals surface area contributed by atoms with Crippen molar-refractivity contribution in [2.24, 2.45) is 0 Å². The number of halogens is 1. The first-order chi connectivity index (χ1) is 9.78. The molecule has 1 aromatic carbocycles. The molecule has 0 aliphatic heterocycles. The van der Waals surface area contributed by atoms with Crippen LogP contribution in [0, 0.1) is 0 Å². The van der Waals surface area contributed by atoms with Crippen LogP contribution in [0.1, 0.15) is 19.8 Å². The average molecular weight is 350 g/mol. The van der Waals surface area contributed by atoms with Crippen LogP contribution in [0.3, 0.4) is 0 Å². The SMILES string of the molecule is CCCCNC(=S)Nc1ccc(Cl)c(S(=O)(=O)N(C)C)c1. The fourth-order valence-electron chi connectivity index (χ4n) is 1.53. The van der Waals surface area contributed by atoms with Crippen LogP contribution in [0.2, 0.25) is 5.02 Å². The summed E-state index contributed by atoms with van der Waals surface area (Å²) in [4.78, 5) is 0.0514. The quantitative estimate of drug-likeness (QED) is 0.610. The minimum Gasteiger partial charge on any atom is -0.362 e. The van der Waals surface area contributed by atoms with Gasteiger partial charge >= 0.3 is 0 Å². The normalized spacial score (nSPS) is 11.5. The van der Waals surface area contributed by atoms with E-state index in [-0.39, 0.29) is 9.92 Å². The predicted octanol–water partition coefficient (Wildman–Crippen LogP) is 2.68. The van der Waals surface area contributed by atoms with Gasteiger partial charge in [-0.2, -0.15) is 0 Å². The van der Waals surface area contributed by atoms with Gasteiger partial charge in [-0.1, -0.05) is 24.9 Å². The second kappa shape index (κ2) is 7.93. The molecule has 1 rings (SSSR count). The molecule has 0 radical (unpaired) electrons. The van der Waals surface area contributed by atoms with Crippen molar-refractivity contribution in [2.45, 2.75) is 24.7 Å². The van der Waals surface area contributed by atoms with Crippen LogP contribution in [0.15, 0.2) is 23.1 Å². The number of sulfonamides is 1. The molecule has 0 bridgehead atoms. The summed E-state index contributed by atoms with van der Waals surface area (Å²) in [5.41, 5.74) is 0.578. The minimum atomic E-state index is -3.59. The largest absolute Gasteiger partial charge is 0.362 e. The molecule has 1 aromatic rings. The summed E-state index contributed by atoms with van der Waals surface area (Å²) in [6.07, 6.45) is 2.09. The molecule has 21 heavy (non-hydrogen) atoms. The van der Waals surface area contributed by atoms with Crippen molar-refractivity contribution >= 4 is 44.6 Å². The molecule has 0 heterocycles. The molecule has 118 valence electrons. The van der Waals surface area contributed by atoms with E-state index in [2.05, 4.69) is 17.6 Å². The Bertz CT molecular complexity index is 603. The van der Waals surface area contributed by atoms with Crippen LogP contribution >= 0.6 is 23.8 Å². The Balaban J connectivity index is 2.90. The Labute approximate surface area is 136 Å². The van der Waals surface area contributed by atoms with Gasteiger partial charge in [-0.25, -0.2) is 12.7 Å². The van der Waals surface area contributed by atoms with Crippen molar-refractivity contribution in [1.82, 2.24) is 9.62 Å². The molecule has 0 aliphatic carbocycles. The summed E-state index contributed by atoms with van der Waals surface area (Å²) in [5, 5.41) is 6.65. The molecule has 2 N–H and O–H groups in total. The zero-order chi connectivity index (χ0) is 16.0. The van der Waals surface area contributed by atoms with Gasteiger partial charge in [-0.3, -0.25) is 0 Å². The van der Waals surface area contributed by atoms with Crippen molar-refractivity contribution in [3.63, 3.8) is 0 Å². The Morgan fingerprint density at radius 3 is 2.62 bits per heavy atom. The van der Waals surface area contributed by atoms with Crippen molar-refractivity contribution in [1.29, 1.82) is 0 Å². The Morgan fingerprint density at radius 1 is 1.38 bits per heavy atom. The number of hydrogen-bond acceptors (Lipinski definition) is 3. The first-order valence-electron chi connectivity index (χ1n) is 6.56. The third kappa shape index (κ3) is 5.10. The maximum Gasteiger partial charge on any atom is 0.244 e. The Morgan fingerprint density at radius 2 is 2.05 bits per heavy atom. The van der Waals surface area contributed by atoms with E-state index in [1.165, 1.54) is 26.2 Å². The fraction of sp³-hybridized carbons (Fsp3) is 0.462. The topological polar surface area (TPSA) is 61.4 Å². The molecule has 0 unspecified atom stereocenters. The second-order valence-electron chi connectivity index (χ2n) is 4.67. The number of rotatable bonds is 6. The second-order valence-corrected chi connectivity index (χ2v) is 7.60. The molecule has 8 heteroatoms. The molecule has 0 aliphatic rings. The maximum atomic E-state index is 12.2. The molecule has 0 atom stereocenters. The molecule has 0 saturated heterocycles. The highest BCUT2D eigenvalue weighted by Crippen LogP contribution is 2.26. The van der Waals surface area contributed by atoms with Crippen LogP contribution in [0.25, 0.3) is 0 Å². The lowest BCUT2D eigenvalue weighted by molar-refractivity contribution is 0.521. The highest BCUT2D eigenvalue weighted by atomic mass is 35.5. The predicted molar refractivity (Wildman–Crippen MR) is 91.5 cm³/mol. The van der Waals surface area contributed by atoms with Gasteiger partial charge in [-0.15, -0.1) is 0 Å². The summed E-state index contributed by atoms with van der Waals surface area (Å²) >= 11 is 11.1. The van der Waals surface area contributed by atoms with Gasteiger partial charge in [0.05, 0.1) is 5.02 Å². The summed E-state index contributed by atoms with van der Waals surface area (Å²) < 4.78 is 25.5. The van der Waals surface area contributed by atoms with Crippen LogP contribution in [0.4, 0.5) is 5.69 Å². The van der Waals surface area contributed by atoms with Gasteiger partial charge in [0.1, 0.15) is 4.90 Å². The summed E-state index contributed by atoms with van der Waals surface area (Å²) in [6.45, 7) is 2.87. The fourth-order valence-corrected chi connectivity index (χ4v) is 3.14. The van der Waals surface area contributed by atoms with Crippen molar-refractivity contribution < 1.29 is 8.42 Å². The smallest absolute Gasteiger partial charge is 0.244 e. The molecule has 0 spiro atoms. The molecular formula is C13H20ClN3O2S2. The van der Waals surface area contributed by atoms with E-state index in [1.54, 1.807) is 6.07 Å². The van der Waals surface area contributed by atoms with Crippen molar-refractivity contribution in [2.75, 3.05) is 26.0 Å². The monoisotopic (exact) mass is 349 g/mol. The third-order valence-corrected chi connectivity index (χ3v) is 5.31. The number of thiocarbonyl (C=S) groups is 1. The lowest BCUT2D eigenvalue weighted by Crippen LogP contribution is -2.29. The number of anilines is 1. The van der Waals surface area contributed by atoms with E-state index in [1.807, 2.05) is 0 Å². The van der Waals surface area contributed by atoms with E-state index in [4.69, 9.17) is 23.8 Å². The van der Waals surface area contributed by atoms with E-state index in [9.17, 15) is 8.42 Å². The molecule has 0 aromatic heterocycles. The standard InChI is InChI=1S/C13H20ClN3O2S2/c1-4-5-8-15-13(20)16-10-6-7-11(14)12(9-10)21(18,19)17(2)3/h6-7,9H,4-5,8H2,1-3H3,(H2,15,16,20). The molecule has 0 fully saturated rings. The summed E-state index contributed by atoms with van der Waals surface area (Å²) in [6, 6.07) is 4.70. The third-order valence-electron chi connectivity index (χ3n) is 2.76. The van der Waals surface area contributed by atoms with Gasteiger partial charge in [0, 0.05) is 26.3 Å². The number of benzene rings is 1. The zero-order valence-electron chi connectivity index (χ0n) is 12.3. The first-order valence-corrected chi connectivity index (χ1v) is 8.78. The Kier molecular flexibility index (Phi) is 6.86. The van der Waals surface area contributed by atoms with Crippen LogP contribution in [-0.4, -0.2) is 38.5 Å². The van der Waals surface area contributed by atoms with E-state index < -0.39 is 10.0 Å². The van der Waals surface area contributed by atoms with Gasteiger partial charge in [0.2, 0.25) is 10.0 Å². The number of hydrogen-bond donors (Lipinski definition) is 2. The highest BCUT2D eigenvalue weighted by molar-refractivity contribution is 7.89. The summed E-state index contributed by atoms with van der Waals surface area (Å²) in [7, 11) is -0.667. The minimum absolute atomic E-state index is 0.0514. The van der Waals surface area contributed by atoms with Gasteiger partial charge in [-0.05, 0) is 36.8 Å². The van der Waals surface area contributed by atoms with E-state index in [0.29, 0.717) is 10.8 Å². The molecule has 0 saturated carbocycles. The maximum absolute atomic E-state index is 12.2. The summed E-state index contributed by atoms with van der Waals surface area (Å²) in [5.74, 6) is 0.